The summed E-state index contributed by atoms with van der Waals surface area (Å²) >= 11 is 0. The van der Waals surface area contributed by atoms with Gasteiger partial charge in [0.2, 0.25) is 0 Å². The van der Waals surface area contributed by atoms with E-state index in [1.54, 1.807) is 24.7 Å². The number of nitrogens with zero attached hydrogens (tertiary/aromatic N) is 2. The van der Waals surface area contributed by atoms with Crippen LogP contribution >= 0.6 is 0 Å². The molecule has 0 aliphatic heterocycles. The number of rotatable bonds is 4. The van der Waals surface area contributed by atoms with E-state index in [0.29, 0.717) is 12.4 Å². The van der Waals surface area contributed by atoms with E-state index in [4.69, 9.17) is 4.74 Å². The minimum atomic E-state index is -0.258. The Morgan fingerprint density at radius 2 is 2.06 bits per heavy atom. The minimum Gasteiger partial charge on any atom is -0.487 e. The van der Waals surface area contributed by atoms with E-state index in [1.165, 1.54) is 12.1 Å². The van der Waals surface area contributed by atoms with Crippen LogP contribution in [-0.4, -0.2) is 9.55 Å². The lowest BCUT2D eigenvalue weighted by atomic mass is 10.3. The second-order valence-corrected chi connectivity index (χ2v) is 3.41. The van der Waals surface area contributed by atoms with Crippen LogP contribution in [0, 0.1) is 5.82 Å². The van der Waals surface area contributed by atoms with Crippen molar-refractivity contribution in [3.8, 4) is 5.75 Å². The van der Waals surface area contributed by atoms with Crippen molar-refractivity contribution in [2.24, 2.45) is 0 Å². The monoisotopic (exact) mass is 220 g/mol. The third kappa shape index (κ3) is 2.39. The van der Waals surface area contributed by atoms with Gasteiger partial charge in [0.25, 0.3) is 0 Å². The van der Waals surface area contributed by atoms with Crippen molar-refractivity contribution < 1.29 is 9.13 Å². The molecule has 0 aliphatic carbocycles. The van der Waals surface area contributed by atoms with Crippen molar-refractivity contribution in [3.05, 3.63) is 48.3 Å². The standard InChI is InChI=1S/C12H13FN2O/c1-2-15-9-14-7-11(15)8-16-12-5-3-10(13)4-6-12/h3-7,9H,2,8H2,1H3. The van der Waals surface area contributed by atoms with Gasteiger partial charge in [-0.2, -0.15) is 0 Å². The van der Waals surface area contributed by atoms with Crippen LogP contribution in [0.15, 0.2) is 36.8 Å². The number of benzene rings is 1. The SMILES string of the molecule is CCn1cncc1COc1ccc(F)cc1. The Morgan fingerprint density at radius 3 is 2.75 bits per heavy atom. The molecule has 0 spiro atoms. The van der Waals surface area contributed by atoms with Crippen LogP contribution in [0.1, 0.15) is 12.6 Å². The molecule has 0 radical (unpaired) electrons. The molecular weight excluding hydrogens is 207 g/mol. The van der Waals surface area contributed by atoms with Gasteiger partial charge < -0.3 is 9.30 Å². The highest BCUT2D eigenvalue weighted by molar-refractivity contribution is 5.22. The fraction of sp³-hybridized carbons (Fsp3) is 0.250. The van der Waals surface area contributed by atoms with Gasteiger partial charge in [-0.15, -0.1) is 0 Å². The molecule has 0 aliphatic rings. The summed E-state index contributed by atoms with van der Waals surface area (Å²) in [6.07, 6.45) is 3.54. The van der Waals surface area contributed by atoms with E-state index >= 15 is 0 Å². The molecule has 84 valence electrons. The number of imidazole rings is 1. The van der Waals surface area contributed by atoms with Crippen LogP contribution in [0.3, 0.4) is 0 Å². The Morgan fingerprint density at radius 1 is 1.31 bits per heavy atom. The normalized spacial score (nSPS) is 10.4. The smallest absolute Gasteiger partial charge is 0.130 e. The first-order valence-corrected chi connectivity index (χ1v) is 5.17. The summed E-state index contributed by atoms with van der Waals surface area (Å²) in [4.78, 5) is 4.04. The zero-order chi connectivity index (χ0) is 11.4. The second-order valence-electron chi connectivity index (χ2n) is 3.41. The molecule has 2 rings (SSSR count). The van der Waals surface area contributed by atoms with Gasteiger partial charge in [0.15, 0.2) is 0 Å². The average Bonchev–Trinajstić information content (AvgIpc) is 2.76. The molecule has 4 heteroatoms. The van der Waals surface area contributed by atoms with Crippen LogP contribution in [0.25, 0.3) is 0 Å². The van der Waals surface area contributed by atoms with Gasteiger partial charge in [0, 0.05) is 6.54 Å². The number of hydrogen-bond donors (Lipinski definition) is 0. The molecule has 0 atom stereocenters. The summed E-state index contributed by atoms with van der Waals surface area (Å²) in [5.41, 5.74) is 1.01. The zero-order valence-corrected chi connectivity index (χ0v) is 9.06. The van der Waals surface area contributed by atoms with Crippen LogP contribution in [0.5, 0.6) is 5.75 Å². The highest BCUT2D eigenvalue weighted by Gasteiger charge is 2.01. The molecule has 0 N–H and O–H groups in total. The zero-order valence-electron chi connectivity index (χ0n) is 9.06. The molecule has 1 aromatic heterocycles. The fourth-order valence-electron chi connectivity index (χ4n) is 1.44. The van der Waals surface area contributed by atoms with Crippen molar-refractivity contribution >= 4 is 0 Å². The molecule has 0 saturated heterocycles. The topological polar surface area (TPSA) is 27.1 Å². The van der Waals surface area contributed by atoms with E-state index in [-0.39, 0.29) is 5.82 Å². The first-order valence-electron chi connectivity index (χ1n) is 5.17. The molecule has 1 aromatic carbocycles. The Labute approximate surface area is 93.5 Å². The molecule has 3 nitrogen and oxygen atoms in total. The predicted molar refractivity (Wildman–Crippen MR) is 58.6 cm³/mol. The van der Waals surface area contributed by atoms with Crippen LogP contribution in [-0.2, 0) is 13.2 Å². The van der Waals surface area contributed by atoms with Crippen molar-refractivity contribution in [2.45, 2.75) is 20.1 Å². The number of halogens is 1. The van der Waals surface area contributed by atoms with Gasteiger partial charge >= 0.3 is 0 Å². The van der Waals surface area contributed by atoms with E-state index in [1.807, 2.05) is 11.5 Å². The van der Waals surface area contributed by atoms with Gasteiger partial charge in [-0.05, 0) is 31.2 Å². The molecule has 16 heavy (non-hydrogen) atoms. The van der Waals surface area contributed by atoms with Crippen molar-refractivity contribution in [1.29, 1.82) is 0 Å². The lowest BCUT2D eigenvalue weighted by Gasteiger charge is -2.07. The van der Waals surface area contributed by atoms with E-state index < -0.39 is 0 Å². The van der Waals surface area contributed by atoms with E-state index in [2.05, 4.69) is 4.98 Å². The maximum atomic E-state index is 12.6. The molecule has 2 aromatic rings. The highest BCUT2D eigenvalue weighted by atomic mass is 19.1. The Kier molecular flexibility index (Phi) is 3.19. The Balaban J connectivity index is 1.99. The Hall–Kier alpha value is -1.84. The number of ether oxygens (including phenoxy) is 1. The first kappa shape index (κ1) is 10.7. The Bertz CT molecular complexity index is 450. The maximum absolute atomic E-state index is 12.6. The molecule has 0 unspecified atom stereocenters. The summed E-state index contributed by atoms with van der Waals surface area (Å²) < 4.78 is 20.2. The number of hydrogen-bond acceptors (Lipinski definition) is 2. The van der Waals surface area contributed by atoms with Gasteiger partial charge in [0.1, 0.15) is 18.2 Å². The summed E-state index contributed by atoms with van der Waals surface area (Å²) in [6, 6.07) is 5.99. The molecule has 0 fully saturated rings. The second kappa shape index (κ2) is 4.79. The lowest BCUT2D eigenvalue weighted by molar-refractivity contribution is 0.295. The molecule has 0 bridgehead atoms. The van der Waals surface area contributed by atoms with Crippen LogP contribution in [0.4, 0.5) is 4.39 Å². The summed E-state index contributed by atoms with van der Waals surface area (Å²) in [5, 5.41) is 0. The van der Waals surface area contributed by atoms with E-state index in [9.17, 15) is 4.39 Å². The maximum Gasteiger partial charge on any atom is 0.130 e. The van der Waals surface area contributed by atoms with Gasteiger partial charge in [-0.3, -0.25) is 0 Å². The molecule has 0 amide bonds. The quantitative estimate of drug-likeness (QED) is 0.792. The van der Waals surface area contributed by atoms with Gasteiger partial charge in [-0.1, -0.05) is 0 Å². The lowest BCUT2D eigenvalue weighted by Crippen LogP contribution is -2.03. The van der Waals surface area contributed by atoms with Crippen molar-refractivity contribution in [3.63, 3.8) is 0 Å². The summed E-state index contributed by atoms with van der Waals surface area (Å²) in [5.74, 6) is 0.399. The molecular formula is C12H13FN2O. The third-order valence-corrected chi connectivity index (χ3v) is 2.34. The fourth-order valence-corrected chi connectivity index (χ4v) is 1.44. The van der Waals surface area contributed by atoms with Crippen LogP contribution < -0.4 is 4.74 Å². The number of aromatic nitrogens is 2. The van der Waals surface area contributed by atoms with Crippen molar-refractivity contribution in [1.82, 2.24) is 9.55 Å². The minimum absolute atomic E-state index is 0.258. The van der Waals surface area contributed by atoms with Gasteiger partial charge in [0.05, 0.1) is 18.2 Å². The number of aryl methyl sites for hydroxylation is 1. The first-order chi connectivity index (χ1) is 7.79. The van der Waals surface area contributed by atoms with E-state index in [0.717, 1.165) is 12.2 Å². The summed E-state index contributed by atoms with van der Waals surface area (Å²) in [7, 11) is 0. The van der Waals surface area contributed by atoms with Crippen LogP contribution in [0.2, 0.25) is 0 Å². The predicted octanol–water partition coefficient (Wildman–Crippen LogP) is 2.62. The molecule has 1 heterocycles. The van der Waals surface area contributed by atoms with Crippen molar-refractivity contribution in [2.75, 3.05) is 0 Å². The third-order valence-electron chi connectivity index (χ3n) is 2.34. The average molecular weight is 220 g/mol. The molecule has 0 saturated carbocycles. The summed E-state index contributed by atoms with van der Waals surface area (Å²) in [6.45, 7) is 3.35. The highest BCUT2D eigenvalue weighted by Crippen LogP contribution is 2.13. The van der Waals surface area contributed by atoms with Gasteiger partial charge in [-0.25, -0.2) is 9.37 Å². The largest absolute Gasteiger partial charge is 0.487 e.